The fraction of sp³-hybridized carbons (Fsp3) is 0.500. The standard InChI is InChI=1S/C20H24F2N4O2/c21-20(22)28-15-6-2-5-13(9-15)18-16(10-24-26-18)19(27)25-17-11-3-1-4-12(17)8-14(23)7-11/h2,5-6,9-12,14,17,20H,1,3-4,7-8,23H2,(H,24,26)(H,25,27). The number of nitrogens with two attached hydrogens (primary N) is 1. The van der Waals surface area contributed by atoms with Crippen LogP contribution in [0.3, 0.4) is 0 Å². The largest absolute Gasteiger partial charge is 0.435 e. The zero-order chi connectivity index (χ0) is 19.7. The van der Waals surface area contributed by atoms with Crippen LogP contribution in [0.5, 0.6) is 5.75 Å². The van der Waals surface area contributed by atoms with Gasteiger partial charge in [0.25, 0.3) is 5.91 Å². The fourth-order valence-electron chi connectivity index (χ4n) is 4.76. The quantitative estimate of drug-likeness (QED) is 0.730. The number of halogens is 2. The number of aromatic nitrogens is 2. The molecule has 2 saturated carbocycles. The van der Waals surface area contributed by atoms with E-state index in [1.54, 1.807) is 12.1 Å². The topological polar surface area (TPSA) is 93.0 Å². The number of rotatable bonds is 5. The minimum absolute atomic E-state index is 0.0317. The van der Waals surface area contributed by atoms with Gasteiger partial charge in [-0.15, -0.1) is 0 Å². The molecule has 28 heavy (non-hydrogen) atoms. The van der Waals surface area contributed by atoms with E-state index < -0.39 is 6.61 Å². The summed E-state index contributed by atoms with van der Waals surface area (Å²) in [5, 5.41) is 9.99. The van der Waals surface area contributed by atoms with Gasteiger partial charge in [-0.25, -0.2) is 0 Å². The maximum Gasteiger partial charge on any atom is 0.387 e. The van der Waals surface area contributed by atoms with Crippen molar-refractivity contribution < 1.29 is 18.3 Å². The summed E-state index contributed by atoms with van der Waals surface area (Å²) in [5.41, 5.74) is 7.60. The smallest absolute Gasteiger partial charge is 0.387 e. The van der Waals surface area contributed by atoms with E-state index in [0.29, 0.717) is 28.7 Å². The Labute approximate surface area is 161 Å². The van der Waals surface area contributed by atoms with Gasteiger partial charge in [0.15, 0.2) is 0 Å². The molecule has 2 bridgehead atoms. The predicted molar refractivity (Wildman–Crippen MR) is 100.0 cm³/mol. The summed E-state index contributed by atoms with van der Waals surface area (Å²) >= 11 is 0. The van der Waals surface area contributed by atoms with Gasteiger partial charge in [-0.1, -0.05) is 18.6 Å². The minimum atomic E-state index is -2.91. The van der Waals surface area contributed by atoms with E-state index in [1.807, 2.05) is 0 Å². The normalized spacial score (nSPS) is 26.9. The van der Waals surface area contributed by atoms with Crippen molar-refractivity contribution in [1.29, 1.82) is 0 Å². The molecule has 2 fully saturated rings. The molecule has 2 unspecified atom stereocenters. The molecule has 8 heteroatoms. The molecule has 150 valence electrons. The number of carbonyl (C=O) groups excluding carboxylic acids is 1. The van der Waals surface area contributed by atoms with Crippen LogP contribution in [0.2, 0.25) is 0 Å². The molecule has 1 heterocycles. The third-order valence-electron chi connectivity index (χ3n) is 5.91. The monoisotopic (exact) mass is 390 g/mol. The van der Waals surface area contributed by atoms with E-state index in [9.17, 15) is 13.6 Å². The number of H-pyrrole nitrogens is 1. The summed E-state index contributed by atoms with van der Waals surface area (Å²) in [4.78, 5) is 13.0. The number of nitrogens with one attached hydrogen (secondary N) is 2. The van der Waals surface area contributed by atoms with Crippen molar-refractivity contribution in [2.45, 2.75) is 50.8 Å². The molecule has 2 aromatic rings. The molecular weight excluding hydrogens is 366 g/mol. The van der Waals surface area contributed by atoms with Gasteiger partial charge in [-0.2, -0.15) is 13.9 Å². The van der Waals surface area contributed by atoms with Gasteiger partial charge in [0, 0.05) is 17.6 Å². The predicted octanol–water partition coefficient (Wildman–Crippen LogP) is 3.31. The Bertz CT molecular complexity index is 827. The molecule has 0 saturated heterocycles. The Morgan fingerprint density at radius 2 is 2.04 bits per heavy atom. The molecule has 0 spiro atoms. The van der Waals surface area contributed by atoms with Crippen LogP contribution in [0.25, 0.3) is 11.3 Å². The molecule has 1 aromatic carbocycles. The van der Waals surface area contributed by atoms with Crippen molar-refractivity contribution in [3.05, 3.63) is 36.0 Å². The van der Waals surface area contributed by atoms with Crippen molar-refractivity contribution in [3.63, 3.8) is 0 Å². The summed E-state index contributed by atoms with van der Waals surface area (Å²) in [5.74, 6) is 0.639. The molecule has 1 amide bonds. The first-order valence-electron chi connectivity index (χ1n) is 9.66. The van der Waals surface area contributed by atoms with Crippen LogP contribution in [0.4, 0.5) is 8.78 Å². The highest BCUT2D eigenvalue weighted by Gasteiger charge is 2.40. The number of aromatic amines is 1. The summed E-state index contributed by atoms with van der Waals surface area (Å²) in [7, 11) is 0. The second-order valence-corrected chi connectivity index (χ2v) is 7.75. The highest BCUT2D eigenvalue weighted by atomic mass is 19.3. The molecule has 0 radical (unpaired) electrons. The van der Waals surface area contributed by atoms with Gasteiger partial charge >= 0.3 is 6.61 Å². The van der Waals surface area contributed by atoms with Gasteiger partial charge < -0.3 is 15.8 Å². The SMILES string of the molecule is NC1CC2CCCC(C1)C2NC(=O)c1cn[nH]c1-c1cccc(OC(F)F)c1. The molecule has 4 rings (SSSR count). The van der Waals surface area contributed by atoms with Crippen LogP contribution >= 0.6 is 0 Å². The van der Waals surface area contributed by atoms with Crippen molar-refractivity contribution in [2.24, 2.45) is 17.6 Å². The first kappa shape index (κ1) is 18.9. The number of benzene rings is 1. The third kappa shape index (κ3) is 3.87. The lowest BCUT2D eigenvalue weighted by Gasteiger charge is -2.45. The molecule has 1 aromatic heterocycles. The number of hydrogen-bond donors (Lipinski definition) is 3. The Morgan fingerprint density at radius 1 is 1.29 bits per heavy atom. The molecule has 2 aliphatic carbocycles. The molecular formula is C20H24F2N4O2. The summed E-state index contributed by atoms with van der Waals surface area (Å²) < 4.78 is 29.4. The molecule has 0 aliphatic heterocycles. The van der Waals surface area contributed by atoms with Crippen LogP contribution in [0.15, 0.2) is 30.5 Å². The Hall–Kier alpha value is -2.48. The van der Waals surface area contributed by atoms with E-state index in [2.05, 4.69) is 20.3 Å². The number of fused-ring (bicyclic) bond motifs is 2. The lowest BCUT2D eigenvalue weighted by atomic mass is 9.67. The van der Waals surface area contributed by atoms with Crippen molar-refractivity contribution in [1.82, 2.24) is 15.5 Å². The lowest BCUT2D eigenvalue weighted by Crippen LogP contribution is -2.53. The van der Waals surface area contributed by atoms with Crippen LogP contribution in [-0.4, -0.2) is 34.8 Å². The van der Waals surface area contributed by atoms with Gasteiger partial charge in [-0.05, 0) is 49.7 Å². The first-order valence-corrected chi connectivity index (χ1v) is 9.66. The third-order valence-corrected chi connectivity index (χ3v) is 5.91. The second kappa shape index (κ2) is 7.87. The number of nitrogens with zero attached hydrogens (tertiary/aromatic N) is 1. The molecule has 2 atom stereocenters. The van der Waals surface area contributed by atoms with Gasteiger partial charge in [0.1, 0.15) is 5.75 Å². The van der Waals surface area contributed by atoms with Crippen LogP contribution in [0, 0.1) is 11.8 Å². The van der Waals surface area contributed by atoms with E-state index in [4.69, 9.17) is 5.73 Å². The Kier molecular flexibility index (Phi) is 5.30. The minimum Gasteiger partial charge on any atom is -0.435 e. The van der Waals surface area contributed by atoms with Crippen molar-refractivity contribution >= 4 is 5.91 Å². The van der Waals surface area contributed by atoms with Crippen LogP contribution in [-0.2, 0) is 0 Å². The number of amides is 1. The maximum atomic E-state index is 13.0. The van der Waals surface area contributed by atoms with E-state index in [-0.39, 0.29) is 23.7 Å². The summed E-state index contributed by atoms with van der Waals surface area (Å²) in [6.45, 7) is -2.91. The molecule has 6 nitrogen and oxygen atoms in total. The lowest BCUT2D eigenvalue weighted by molar-refractivity contribution is -0.0498. The average molecular weight is 390 g/mol. The second-order valence-electron chi connectivity index (χ2n) is 7.75. The van der Waals surface area contributed by atoms with E-state index in [1.165, 1.54) is 24.8 Å². The highest BCUT2D eigenvalue weighted by molar-refractivity contribution is 6.00. The van der Waals surface area contributed by atoms with Crippen molar-refractivity contribution in [2.75, 3.05) is 0 Å². The fourth-order valence-corrected chi connectivity index (χ4v) is 4.76. The van der Waals surface area contributed by atoms with Gasteiger partial charge in [0.05, 0.1) is 17.5 Å². The van der Waals surface area contributed by atoms with Gasteiger partial charge in [-0.3, -0.25) is 9.89 Å². The zero-order valence-corrected chi connectivity index (χ0v) is 15.4. The van der Waals surface area contributed by atoms with Crippen LogP contribution in [0.1, 0.15) is 42.5 Å². The number of hydrogen-bond acceptors (Lipinski definition) is 4. The number of alkyl halides is 2. The van der Waals surface area contributed by atoms with Gasteiger partial charge in [0.2, 0.25) is 0 Å². The highest BCUT2D eigenvalue weighted by Crippen LogP contribution is 2.40. The molecule has 4 N–H and O–H groups in total. The van der Waals surface area contributed by atoms with E-state index >= 15 is 0 Å². The number of carbonyl (C=O) groups is 1. The summed E-state index contributed by atoms with van der Waals surface area (Å²) in [6.07, 6.45) is 6.69. The Balaban J connectivity index is 1.53. The Morgan fingerprint density at radius 3 is 2.75 bits per heavy atom. The average Bonchev–Trinajstić information content (AvgIpc) is 3.12. The summed E-state index contributed by atoms with van der Waals surface area (Å²) in [6, 6.07) is 6.56. The first-order chi connectivity index (χ1) is 13.5. The van der Waals surface area contributed by atoms with Crippen LogP contribution < -0.4 is 15.8 Å². The van der Waals surface area contributed by atoms with E-state index in [0.717, 1.165) is 25.7 Å². The maximum absolute atomic E-state index is 13.0. The zero-order valence-electron chi connectivity index (χ0n) is 15.4. The molecule has 2 aliphatic rings. The van der Waals surface area contributed by atoms with Crippen molar-refractivity contribution in [3.8, 4) is 17.0 Å². The number of ether oxygens (including phenoxy) is 1.